The van der Waals surface area contributed by atoms with Crippen molar-refractivity contribution in [2.24, 2.45) is 0 Å². The van der Waals surface area contributed by atoms with Crippen molar-refractivity contribution in [3.63, 3.8) is 0 Å². The average molecular weight is 251 g/mol. The first kappa shape index (κ1) is 13.8. The van der Waals surface area contributed by atoms with Gasteiger partial charge in [0.2, 0.25) is 5.91 Å². The molecule has 0 aliphatic carbocycles. The molecule has 0 heterocycles. The lowest BCUT2D eigenvalue weighted by molar-refractivity contribution is -0.119. The van der Waals surface area contributed by atoms with Crippen LogP contribution in [0.3, 0.4) is 0 Å². The largest absolute Gasteiger partial charge is 0.351 e. The summed E-state index contributed by atoms with van der Waals surface area (Å²) in [6.45, 7) is 5.86. The lowest BCUT2D eigenvalue weighted by atomic mass is 10.1. The Labute approximate surface area is 106 Å². The van der Waals surface area contributed by atoms with Crippen LogP contribution in [0.2, 0.25) is 0 Å². The number of rotatable bonds is 4. The van der Waals surface area contributed by atoms with E-state index in [2.05, 4.69) is 5.32 Å². The number of thioether (sulfide) groups is 1. The summed E-state index contributed by atoms with van der Waals surface area (Å²) >= 11 is 1.46. The summed E-state index contributed by atoms with van der Waals surface area (Å²) in [5.41, 5.74) is 0.451. The molecule has 0 aliphatic rings. The predicted molar refractivity (Wildman–Crippen MR) is 70.4 cm³/mol. The lowest BCUT2D eigenvalue weighted by Gasteiger charge is -2.20. The third kappa shape index (κ3) is 5.54. The molecule has 0 aliphatic heterocycles. The highest BCUT2D eigenvalue weighted by Crippen LogP contribution is 2.17. The molecule has 1 amide bonds. The minimum Gasteiger partial charge on any atom is -0.351 e. The molecule has 1 aromatic carbocycles. The van der Waals surface area contributed by atoms with Crippen LogP contribution in [0.1, 0.15) is 31.1 Å². The van der Waals surface area contributed by atoms with Crippen molar-refractivity contribution >= 4 is 24.0 Å². The Morgan fingerprint density at radius 2 is 1.88 bits per heavy atom. The number of hydrogen-bond acceptors (Lipinski definition) is 3. The van der Waals surface area contributed by atoms with Crippen LogP contribution >= 0.6 is 11.8 Å². The van der Waals surface area contributed by atoms with Gasteiger partial charge in [-0.05, 0) is 32.9 Å². The molecule has 0 spiro atoms. The Morgan fingerprint density at radius 1 is 1.29 bits per heavy atom. The van der Waals surface area contributed by atoms with Crippen LogP contribution in [0.4, 0.5) is 0 Å². The Bertz CT molecular complexity index is 393. The van der Waals surface area contributed by atoms with Gasteiger partial charge in [-0.2, -0.15) is 0 Å². The molecular weight excluding hydrogens is 234 g/mol. The van der Waals surface area contributed by atoms with Crippen molar-refractivity contribution in [1.29, 1.82) is 0 Å². The van der Waals surface area contributed by atoms with Gasteiger partial charge in [0.25, 0.3) is 0 Å². The summed E-state index contributed by atoms with van der Waals surface area (Å²) in [5, 5.41) is 2.90. The molecule has 0 radical (unpaired) electrons. The summed E-state index contributed by atoms with van der Waals surface area (Å²) in [7, 11) is 0. The SMILES string of the molecule is CC(C)(C)NC(=O)CSc1ccc(C=O)cc1. The fourth-order valence-corrected chi connectivity index (χ4v) is 1.94. The maximum Gasteiger partial charge on any atom is 0.230 e. The third-order valence-corrected chi connectivity index (χ3v) is 2.91. The zero-order valence-corrected chi connectivity index (χ0v) is 11.1. The van der Waals surface area contributed by atoms with Crippen molar-refractivity contribution in [2.75, 3.05) is 5.75 Å². The Balaban J connectivity index is 2.44. The zero-order valence-electron chi connectivity index (χ0n) is 10.3. The van der Waals surface area contributed by atoms with Crippen LogP contribution in [-0.4, -0.2) is 23.5 Å². The highest BCUT2D eigenvalue weighted by Gasteiger charge is 2.13. The van der Waals surface area contributed by atoms with Gasteiger partial charge < -0.3 is 5.32 Å². The summed E-state index contributed by atoms with van der Waals surface area (Å²) in [6, 6.07) is 7.19. The van der Waals surface area contributed by atoms with E-state index in [0.717, 1.165) is 11.2 Å². The smallest absolute Gasteiger partial charge is 0.230 e. The van der Waals surface area contributed by atoms with E-state index in [-0.39, 0.29) is 11.4 Å². The van der Waals surface area contributed by atoms with Gasteiger partial charge in [0.1, 0.15) is 6.29 Å². The molecular formula is C13H17NO2S. The van der Waals surface area contributed by atoms with Crippen LogP contribution in [0.25, 0.3) is 0 Å². The molecule has 92 valence electrons. The first-order chi connectivity index (χ1) is 7.90. The van der Waals surface area contributed by atoms with Crippen LogP contribution < -0.4 is 5.32 Å². The number of aldehydes is 1. The average Bonchev–Trinajstić information content (AvgIpc) is 2.25. The minimum atomic E-state index is -0.195. The number of amides is 1. The molecule has 0 aromatic heterocycles. The predicted octanol–water partition coefficient (Wildman–Crippen LogP) is 2.51. The molecule has 0 bridgehead atoms. The van der Waals surface area contributed by atoms with Crippen molar-refractivity contribution in [3.05, 3.63) is 29.8 Å². The summed E-state index contributed by atoms with van der Waals surface area (Å²) in [5.74, 6) is 0.402. The fraction of sp³-hybridized carbons (Fsp3) is 0.385. The summed E-state index contributed by atoms with van der Waals surface area (Å²) < 4.78 is 0. The topological polar surface area (TPSA) is 46.2 Å². The van der Waals surface area contributed by atoms with E-state index < -0.39 is 0 Å². The van der Waals surface area contributed by atoms with Crippen LogP contribution in [-0.2, 0) is 4.79 Å². The molecule has 4 heteroatoms. The highest BCUT2D eigenvalue weighted by molar-refractivity contribution is 8.00. The van der Waals surface area contributed by atoms with Gasteiger partial charge in [-0.1, -0.05) is 12.1 Å². The normalized spacial score (nSPS) is 11.0. The lowest BCUT2D eigenvalue weighted by Crippen LogP contribution is -2.41. The first-order valence-corrected chi connectivity index (χ1v) is 6.38. The van der Waals surface area contributed by atoms with E-state index in [1.807, 2.05) is 32.9 Å². The molecule has 1 rings (SSSR count). The highest BCUT2D eigenvalue weighted by atomic mass is 32.2. The second kappa shape index (κ2) is 5.87. The fourth-order valence-electron chi connectivity index (χ4n) is 1.25. The zero-order chi connectivity index (χ0) is 12.9. The number of carbonyl (C=O) groups is 2. The first-order valence-electron chi connectivity index (χ1n) is 5.40. The standard InChI is InChI=1S/C13H17NO2S/c1-13(2,3)14-12(16)9-17-11-6-4-10(8-15)5-7-11/h4-8H,9H2,1-3H3,(H,14,16). The van der Waals surface area contributed by atoms with Gasteiger partial charge in [-0.15, -0.1) is 11.8 Å². The number of nitrogens with one attached hydrogen (secondary N) is 1. The Kier molecular flexibility index (Phi) is 4.75. The molecule has 0 unspecified atom stereocenters. The van der Waals surface area contributed by atoms with E-state index >= 15 is 0 Å². The number of hydrogen-bond donors (Lipinski definition) is 1. The second-order valence-corrected chi connectivity index (χ2v) is 5.82. The third-order valence-electron chi connectivity index (χ3n) is 1.90. The van der Waals surface area contributed by atoms with Crippen LogP contribution in [0.5, 0.6) is 0 Å². The summed E-state index contributed by atoms with van der Waals surface area (Å²) in [6.07, 6.45) is 0.806. The monoisotopic (exact) mass is 251 g/mol. The molecule has 17 heavy (non-hydrogen) atoms. The van der Waals surface area contributed by atoms with Gasteiger partial charge in [0.15, 0.2) is 0 Å². The van der Waals surface area contributed by atoms with Gasteiger partial charge >= 0.3 is 0 Å². The van der Waals surface area contributed by atoms with E-state index in [1.54, 1.807) is 12.1 Å². The number of carbonyl (C=O) groups excluding carboxylic acids is 2. The van der Waals surface area contributed by atoms with Gasteiger partial charge in [-0.3, -0.25) is 9.59 Å². The van der Waals surface area contributed by atoms with Gasteiger partial charge in [0.05, 0.1) is 5.75 Å². The minimum absolute atomic E-state index is 0.0157. The molecule has 0 saturated carbocycles. The molecule has 0 saturated heterocycles. The van der Waals surface area contributed by atoms with E-state index in [0.29, 0.717) is 11.3 Å². The van der Waals surface area contributed by atoms with Crippen molar-refractivity contribution in [3.8, 4) is 0 Å². The molecule has 0 fully saturated rings. The Hall–Kier alpha value is -1.29. The molecule has 3 nitrogen and oxygen atoms in total. The summed E-state index contributed by atoms with van der Waals surface area (Å²) in [4.78, 5) is 23.0. The maximum atomic E-state index is 11.6. The van der Waals surface area contributed by atoms with E-state index in [1.165, 1.54) is 11.8 Å². The molecule has 1 aromatic rings. The Morgan fingerprint density at radius 3 is 2.35 bits per heavy atom. The van der Waals surface area contributed by atoms with Crippen molar-refractivity contribution in [1.82, 2.24) is 5.32 Å². The quantitative estimate of drug-likeness (QED) is 0.660. The van der Waals surface area contributed by atoms with E-state index in [4.69, 9.17) is 0 Å². The van der Waals surface area contributed by atoms with Crippen molar-refractivity contribution in [2.45, 2.75) is 31.2 Å². The second-order valence-electron chi connectivity index (χ2n) is 4.77. The van der Waals surface area contributed by atoms with Crippen LogP contribution in [0.15, 0.2) is 29.2 Å². The molecule has 0 atom stereocenters. The van der Waals surface area contributed by atoms with Gasteiger partial charge in [-0.25, -0.2) is 0 Å². The van der Waals surface area contributed by atoms with Gasteiger partial charge in [0, 0.05) is 16.0 Å². The maximum absolute atomic E-state index is 11.6. The van der Waals surface area contributed by atoms with Crippen LogP contribution in [0, 0.1) is 0 Å². The number of benzene rings is 1. The van der Waals surface area contributed by atoms with Crippen molar-refractivity contribution < 1.29 is 9.59 Å². The molecule has 1 N–H and O–H groups in total. The van der Waals surface area contributed by atoms with E-state index in [9.17, 15) is 9.59 Å².